The third-order valence-electron chi connectivity index (χ3n) is 3.22. The van der Waals surface area contributed by atoms with Crippen LogP contribution in [0, 0.1) is 6.92 Å². The van der Waals surface area contributed by atoms with Gasteiger partial charge in [0.15, 0.2) is 4.67 Å². The molecule has 1 unspecified atom stereocenters. The van der Waals surface area contributed by atoms with Crippen molar-refractivity contribution in [2.75, 3.05) is 7.05 Å². The molecule has 1 aromatic carbocycles. The van der Waals surface area contributed by atoms with E-state index in [0.29, 0.717) is 0 Å². The second-order valence-corrected chi connectivity index (χ2v) is 5.28. The molecule has 3 rings (SSSR count). The molecule has 98 valence electrons. The number of furan rings is 2. The Balaban J connectivity index is 2.09. The van der Waals surface area contributed by atoms with Gasteiger partial charge in [-0.3, -0.25) is 0 Å². The van der Waals surface area contributed by atoms with Gasteiger partial charge in [-0.1, -0.05) is 11.6 Å². The van der Waals surface area contributed by atoms with Gasteiger partial charge in [-0.15, -0.1) is 0 Å². The highest BCUT2D eigenvalue weighted by Gasteiger charge is 2.20. The van der Waals surface area contributed by atoms with Crippen LogP contribution in [0.5, 0.6) is 0 Å². The van der Waals surface area contributed by atoms with Gasteiger partial charge in [0.25, 0.3) is 0 Å². The van der Waals surface area contributed by atoms with Gasteiger partial charge in [0.2, 0.25) is 0 Å². The molecule has 0 spiro atoms. The minimum absolute atomic E-state index is 0.0270. The lowest BCUT2D eigenvalue weighted by Crippen LogP contribution is -2.16. The standard InChI is InChI=1S/C15H14BrNO2/c1-9-3-4-12-10(7-9)8-13(19-12)14(17-2)11-5-6-18-15(11)16/h3-8,14,17H,1-2H3. The summed E-state index contributed by atoms with van der Waals surface area (Å²) in [6.45, 7) is 2.08. The maximum atomic E-state index is 5.93. The molecule has 19 heavy (non-hydrogen) atoms. The first-order valence-electron chi connectivity index (χ1n) is 6.09. The Hall–Kier alpha value is -1.52. The zero-order valence-corrected chi connectivity index (χ0v) is 12.3. The van der Waals surface area contributed by atoms with E-state index >= 15 is 0 Å². The lowest BCUT2D eigenvalue weighted by molar-refractivity contribution is 0.479. The molecule has 3 nitrogen and oxygen atoms in total. The molecule has 0 saturated carbocycles. The van der Waals surface area contributed by atoms with Gasteiger partial charge in [-0.25, -0.2) is 0 Å². The highest BCUT2D eigenvalue weighted by molar-refractivity contribution is 9.10. The average Bonchev–Trinajstić information content (AvgIpc) is 2.97. The van der Waals surface area contributed by atoms with Crippen molar-refractivity contribution < 1.29 is 8.83 Å². The first kappa shape index (κ1) is 12.5. The Kier molecular flexibility index (Phi) is 3.21. The Bertz CT molecular complexity index is 714. The number of hydrogen-bond donors (Lipinski definition) is 1. The summed E-state index contributed by atoms with van der Waals surface area (Å²) >= 11 is 3.41. The summed E-state index contributed by atoms with van der Waals surface area (Å²) in [6, 6.07) is 10.2. The second kappa shape index (κ2) is 4.87. The monoisotopic (exact) mass is 319 g/mol. The van der Waals surface area contributed by atoms with E-state index in [1.54, 1.807) is 6.26 Å². The molecule has 3 aromatic rings. The lowest BCUT2D eigenvalue weighted by atomic mass is 10.1. The molecule has 2 aromatic heterocycles. The van der Waals surface area contributed by atoms with E-state index in [1.165, 1.54) is 5.56 Å². The minimum Gasteiger partial charge on any atom is -0.459 e. The van der Waals surface area contributed by atoms with Crippen molar-refractivity contribution in [2.24, 2.45) is 0 Å². The molecule has 2 heterocycles. The highest BCUT2D eigenvalue weighted by atomic mass is 79.9. The zero-order chi connectivity index (χ0) is 13.4. The Morgan fingerprint density at radius 1 is 1.21 bits per heavy atom. The fourth-order valence-electron chi connectivity index (χ4n) is 2.29. The van der Waals surface area contributed by atoms with Gasteiger partial charge in [0.1, 0.15) is 11.3 Å². The Morgan fingerprint density at radius 2 is 2.05 bits per heavy atom. The summed E-state index contributed by atoms with van der Waals surface area (Å²) in [7, 11) is 1.91. The SMILES string of the molecule is CNC(c1cc2cc(C)ccc2o1)c1ccoc1Br. The van der Waals surface area contributed by atoms with Crippen molar-refractivity contribution in [3.05, 3.63) is 58.2 Å². The first-order valence-corrected chi connectivity index (χ1v) is 6.88. The molecular weight excluding hydrogens is 306 g/mol. The summed E-state index contributed by atoms with van der Waals surface area (Å²) in [5, 5.41) is 4.37. The van der Waals surface area contributed by atoms with Crippen LogP contribution < -0.4 is 5.32 Å². The van der Waals surface area contributed by atoms with Crippen LogP contribution in [-0.2, 0) is 0 Å². The van der Waals surface area contributed by atoms with Crippen LogP contribution in [0.3, 0.4) is 0 Å². The third kappa shape index (κ3) is 2.22. The molecule has 1 atom stereocenters. The van der Waals surface area contributed by atoms with Crippen molar-refractivity contribution >= 4 is 26.9 Å². The molecule has 0 aliphatic carbocycles. The van der Waals surface area contributed by atoms with Gasteiger partial charge in [0, 0.05) is 10.9 Å². The number of hydrogen-bond acceptors (Lipinski definition) is 3. The minimum atomic E-state index is -0.0270. The fraction of sp³-hybridized carbons (Fsp3) is 0.200. The number of rotatable bonds is 3. The average molecular weight is 320 g/mol. The highest BCUT2D eigenvalue weighted by Crippen LogP contribution is 2.32. The maximum Gasteiger partial charge on any atom is 0.174 e. The van der Waals surface area contributed by atoms with E-state index in [2.05, 4.69) is 46.4 Å². The Morgan fingerprint density at radius 3 is 2.74 bits per heavy atom. The fourth-order valence-corrected chi connectivity index (χ4v) is 2.76. The predicted octanol–water partition coefficient (Wildman–Crippen LogP) is 4.41. The van der Waals surface area contributed by atoms with Crippen LogP contribution in [-0.4, -0.2) is 7.05 Å². The topological polar surface area (TPSA) is 38.3 Å². The molecule has 0 amide bonds. The summed E-state index contributed by atoms with van der Waals surface area (Å²) in [5.74, 6) is 0.880. The molecule has 4 heteroatoms. The van der Waals surface area contributed by atoms with Crippen molar-refractivity contribution in [2.45, 2.75) is 13.0 Å². The molecule has 0 aliphatic heterocycles. The summed E-state index contributed by atoms with van der Waals surface area (Å²) in [5.41, 5.74) is 3.16. The van der Waals surface area contributed by atoms with Crippen molar-refractivity contribution in [3.63, 3.8) is 0 Å². The number of halogens is 1. The molecule has 0 bridgehead atoms. The van der Waals surface area contributed by atoms with Crippen LogP contribution in [0.4, 0.5) is 0 Å². The quantitative estimate of drug-likeness (QED) is 0.777. The van der Waals surface area contributed by atoms with Gasteiger partial charge in [-0.2, -0.15) is 0 Å². The van der Waals surface area contributed by atoms with Crippen LogP contribution in [0.15, 0.2) is 50.1 Å². The van der Waals surface area contributed by atoms with E-state index < -0.39 is 0 Å². The second-order valence-electron chi connectivity index (χ2n) is 4.56. The van der Waals surface area contributed by atoms with E-state index in [4.69, 9.17) is 8.83 Å². The number of aryl methyl sites for hydroxylation is 1. The smallest absolute Gasteiger partial charge is 0.174 e. The van der Waals surface area contributed by atoms with Crippen molar-refractivity contribution in [1.29, 1.82) is 0 Å². The maximum absolute atomic E-state index is 5.93. The van der Waals surface area contributed by atoms with Crippen LogP contribution in [0.25, 0.3) is 11.0 Å². The van der Waals surface area contributed by atoms with E-state index in [0.717, 1.165) is 27.0 Å². The summed E-state index contributed by atoms with van der Waals surface area (Å²) in [6.07, 6.45) is 1.66. The number of fused-ring (bicyclic) bond motifs is 1. The zero-order valence-electron chi connectivity index (χ0n) is 10.7. The van der Waals surface area contributed by atoms with E-state index in [9.17, 15) is 0 Å². The lowest BCUT2D eigenvalue weighted by Gasteiger charge is -2.11. The molecular formula is C15H14BrNO2. The van der Waals surface area contributed by atoms with Crippen LogP contribution in [0.1, 0.15) is 22.9 Å². The van der Waals surface area contributed by atoms with Crippen molar-refractivity contribution in [1.82, 2.24) is 5.32 Å². The Labute approximate surface area is 119 Å². The molecule has 0 saturated heterocycles. The van der Waals surface area contributed by atoms with Crippen LogP contribution in [0.2, 0.25) is 0 Å². The third-order valence-corrected chi connectivity index (χ3v) is 3.87. The molecule has 0 radical (unpaired) electrons. The first-order chi connectivity index (χ1) is 9.19. The van der Waals surface area contributed by atoms with Gasteiger partial charge in [-0.05, 0) is 54.2 Å². The normalized spacial score (nSPS) is 13.0. The van der Waals surface area contributed by atoms with Crippen molar-refractivity contribution in [3.8, 4) is 0 Å². The molecule has 0 fully saturated rings. The van der Waals surface area contributed by atoms with Gasteiger partial charge in [0.05, 0.1) is 12.3 Å². The summed E-state index contributed by atoms with van der Waals surface area (Å²) < 4.78 is 12.0. The van der Waals surface area contributed by atoms with Crippen LogP contribution >= 0.6 is 15.9 Å². The van der Waals surface area contributed by atoms with Gasteiger partial charge < -0.3 is 14.2 Å². The van der Waals surface area contributed by atoms with E-state index in [1.807, 2.05) is 19.2 Å². The largest absolute Gasteiger partial charge is 0.459 e. The number of nitrogens with one attached hydrogen (secondary N) is 1. The van der Waals surface area contributed by atoms with E-state index in [-0.39, 0.29) is 6.04 Å². The molecule has 0 aliphatic rings. The number of benzene rings is 1. The van der Waals surface area contributed by atoms with Gasteiger partial charge >= 0.3 is 0 Å². The summed E-state index contributed by atoms with van der Waals surface area (Å²) in [4.78, 5) is 0. The molecule has 1 N–H and O–H groups in total. The predicted molar refractivity (Wildman–Crippen MR) is 78.3 cm³/mol.